The van der Waals surface area contributed by atoms with E-state index < -0.39 is 0 Å². The van der Waals surface area contributed by atoms with Crippen LogP contribution in [0.3, 0.4) is 0 Å². The number of hydrogen-bond donors (Lipinski definition) is 0. The molecule has 0 bridgehead atoms. The van der Waals surface area contributed by atoms with Gasteiger partial charge in [-0.05, 0) is 13.0 Å². The van der Waals surface area contributed by atoms with Gasteiger partial charge >= 0.3 is 0 Å². The van der Waals surface area contributed by atoms with Crippen molar-refractivity contribution in [1.29, 1.82) is 0 Å². The SMILES string of the molecule is C=CC[C+](CC)CCC[CH2+]. The van der Waals surface area contributed by atoms with Crippen LogP contribution in [-0.2, 0) is 0 Å². The van der Waals surface area contributed by atoms with Crippen LogP contribution in [0.5, 0.6) is 0 Å². The van der Waals surface area contributed by atoms with Crippen molar-refractivity contribution in [2.75, 3.05) is 0 Å². The Kier molecular flexibility index (Phi) is 6.25. The Balaban J connectivity index is 3.29. The predicted molar refractivity (Wildman–Crippen MR) is 47.6 cm³/mol. The van der Waals surface area contributed by atoms with Crippen LogP contribution in [-0.4, -0.2) is 0 Å². The fourth-order valence-electron chi connectivity index (χ4n) is 1.00. The topological polar surface area (TPSA) is 0 Å². The molecule has 0 aromatic rings. The van der Waals surface area contributed by atoms with Gasteiger partial charge in [-0.1, -0.05) is 6.58 Å². The average molecular weight is 138 g/mol. The molecule has 56 valence electrons. The van der Waals surface area contributed by atoms with Crippen molar-refractivity contribution in [3.63, 3.8) is 0 Å². The minimum atomic E-state index is 1.06. The van der Waals surface area contributed by atoms with E-state index in [1.54, 1.807) is 5.92 Å². The molecule has 0 rings (SSSR count). The monoisotopic (exact) mass is 138 g/mol. The van der Waals surface area contributed by atoms with Crippen LogP contribution in [0.15, 0.2) is 12.7 Å². The fourth-order valence-corrected chi connectivity index (χ4v) is 1.00. The summed E-state index contributed by atoms with van der Waals surface area (Å²) in [6.45, 7) is 9.74. The van der Waals surface area contributed by atoms with Gasteiger partial charge in [0.2, 0.25) is 0 Å². The molecule has 0 unspecified atom stereocenters. The maximum absolute atomic E-state index is 3.81. The minimum Gasteiger partial charge on any atom is -0.0989 e. The lowest BCUT2D eigenvalue weighted by atomic mass is 9.96. The molecule has 0 nitrogen and oxygen atoms in total. The first kappa shape index (κ1) is 9.48. The largest absolute Gasteiger partial charge is 0.108 e. The van der Waals surface area contributed by atoms with Crippen LogP contribution in [0.25, 0.3) is 0 Å². The highest BCUT2D eigenvalue weighted by atomic mass is 14.1. The second-order valence-corrected chi connectivity index (χ2v) is 2.55. The molecule has 0 atom stereocenters. The lowest BCUT2D eigenvalue weighted by Crippen LogP contribution is -1.93. The van der Waals surface area contributed by atoms with Crippen molar-refractivity contribution >= 4 is 0 Å². The summed E-state index contributed by atoms with van der Waals surface area (Å²) >= 11 is 0. The zero-order valence-corrected chi connectivity index (χ0v) is 7.03. The van der Waals surface area contributed by atoms with E-state index in [0.29, 0.717) is 0 Å². The average Bonchev–Trinajstić information content (AvgIpc) is 1.98. The summed E-state index contributed by atoms with van der Waals surface area (Å²) in [5.74, 6) is 1.61. The normalized spacial score (nSPS) is 9.30. The first-order valence-electron chi connectivity index (χ1n) is 4.08. The second kappa shape index (κ2) is 6.60. The molecule has 0 aliphatic rings. The molecule has 0 aliphatic carbocycles. The molecule has 0 radical (unpaired) electrons. The van der Waals surface area contributed by atoms with Gasteiger partial charge in [-0.25, -0.2) is 0 Å². The quantitative estimate of drug-likeness (QED) is 0.389. The van der Waals surface area contributed by atoms with Gasteiger partial charge in [-0.15, -0.1) is 0 Å². The Bertz CT molecular complexity index is 74.1. The van der Waals surface area contributed by atoms with Gasteiger partial charge < -0.3 is 0 Å². The second-order valence-electron chi connectivity index (χ2n) is 2.55. The third-order valence-corrected chi connectivity index (χ3v) is 1.71. The minimum absolute atomic E-state index is 1.06. The Morgan fingerprint density at radius 1 is 1.60 bits per heavy atom. The van der Waals surface area contributed by atoms with E-state index in [-0.39, 0.29) is 0 Å². The lowest BCUT2D eigenvalue weighted by Gasteiger charge is -1.97. The summed E-state index contributed by atoms with van der Waals surface area (Å²) in [5.41, 5.74) is 0. The summed E-state index contributed by atoms with van der Waals surface area (Å²) in [6, 6.07) is 0. The van der Waals surface area contributed by atoms with Gasteiger partial charge in [-0.2, -0.15) is 0 Å². The van der Waals surface area contributed by atoms with Crippen LogP contribution in [0.1, 0.15) is 39.0 Å². The van der Waals surface area contributed by atoms with Crippen molar-refractivity contribution in [3.05, 3.63) is 25.5 Å². The highest BCUT2D eigenvalue weighted by Gasteiger charge is 2.13. The van der Waals surface area contributed by atoms with E-state index in [2.05, 4.69) is 20.4 Å². The molecule has 0 fully saturated rings. The molecule has 10 heavy (non-hydrogen) atoms. The van der Waals surface area contributed by atoms with Crippen molar-refractivity contribution in [2.45, 2.75) is 39.0 Å². The van der Waals surface area contributed by atoms with E-state index in [0.717, 1.165) is 12.8 Å². The molecule has 0 spiro atoms. The highest BCUT2D eigenvalue weighted by Crippen LogP contribution is 2.18. The third-order valence-electron chi connectivity index (χ3n) is 1.71. The molecule has 0 saturated heterocycles. The van der Waals surface area contributed by atoms with Gasteiger partial charge in [0, 0.05) is 6.42 Å². The smallest absolute Gasteiger partial charge is 0.0989 e. The molecular formula is C10H18+2. The van der Waals surface area contributed by atoms with Gasteiger partial charge in [-0.3, -0.25) is 0 Å². The van der Waals surface area contributed by atoms with E-state index in [4.69, 9.17) is 0 Å². The van der Waals surface area contributed by atoms with Gasteiger partial charge in [0.15, 0.2) is 0 Å². The molecule has 0 heteroatoms. The van der Waals surface area contributed by atoms with Crippen LogP contribution >= 0.6 is 0 Å². The Hall–Kier alpha value is -0.520. The van der Waals surface area contributed by atoms with E-state index in [9.17, 15) is 0 Å². The Morgan fingerprint density at radius 3 is 2.70 bits per heavy atom. The first-order valence-corrected chi connectivity index (χ1v) is 4.08. The van der Waals surface area contributed by atoms with Gasteiger partial charge in [0.25, 0.3) is 0 Å². The van der Waals surface area contributed by atoms with E-state index in [1.807, 2.05) is 6.08 Å². The summed E-state index contributed by atoms with van der Waals surface area (Å²) in [4.78, 5) is 0. The van der Waals surface area contributed by atoms with Gasteiger partial charge in [0.05, 0.1) is 32.1 Å². The zero-order chi connectivity index (χ0) is 7.82. The predicted octanol–water partition coefficient (Wildman–Crippen LogP) is 3.55. The van der Waals surface area contributed by atoms with E-state index >= 15 is 0 Å². The molecule has 0 aromatic carbocycles. The standard InChI is InChI=1S/C10H18/c1-4-7-9-10(6-3)8-5-2/h5H,1-2,4,6-9H2,3H3/q+2. The van der Waals surface area contributed by atoms with Crippen molar-refractivity contribution in [1.82, 2.24) is 0 Å². The maximum atomic E-state index is 3.81. The molecule has 0 N–H and O–H groups in total. The summed E-state index contributed by atoms with van der Waals surface area (Å²) in [7, 11) is 0. The van der Waals surface area contributed by atoms with Crippen molar-refractivity contribution in [2.24, 2.45) is 0 Å². The number of hydrogen-bond acceptors (Lipinski definition) is 0. The number of unbranched alkanes of at least 4 members (excludes halogenated alkanes) is 1. The van der Waals surface area contributed by atoms with Crippen LogP contribution in [0.4, 0.5) is 0 Å². The molecule has 0 saturated carbocycles. The molecule has 0 heterocycles. The summed E-state index contributed by atoms with van der Waals surface area (Å²) in [6.07, 6.45) is 7.81. The zero-order valence-electron chi connectivity index (χ0n) is 7.03. The van der Waals surface area contributed by atoms with Crippen molar-refractivity contribution < 1.29 is 0 Å². The van der Waals surface area contributed by atoms with E-state index in [1.165, 1.54) is 19.3 Å². The summed E-state index contributed by atoms with van der Waals surface area (Å²) in [5, 5.41) is 0. The molecule has 0 amide bonds. The Morgan fingerprint density at radius 2 is 2.30 bits per heavy atom. The lowest BCUT2D eigenvalue weighted by molar-refractivity contribution is 0.684. The maximum Gasteiger partial charge on any atom is 0.108 e. The molecule has 0 aliphatic heterocycles. The first-order chi connectivity index (χ1) is 4.85. The Labute approximate surface area is 65.3 Å². The fraction of sp³-hybridized carbons (Fsp3) is 0.600. The highest BCUT2D eigenvalue weighted by molar-refractivity contribution is 4.94. The number of allylic oxidation sites excluding steroid dienone is 1. The van der Waals surface area contributed by atoms with Crippen LogP contribution in [0.2, 0.25) is 0 Å². The summed E-state index contributed by atoms with van der Waals surface area (Å²) < 4.78 is 0. The van der Waals surface area contributed by atoms with Crippen LogP contribution in [0, 0.1) is 12.8 Å². The molecular weight excluding hydrogens is 120 g/mol. The van der Waals surface area contributed by atoms with Crippen LogP contribution < -0.4 is 0 Å². The van der Waals surface area contributed by atoms with Gasteiger partial charge in [0.1, 0.15) is 6.42 Å². The van der Waals surface area contributed by atoms with Crippen molar-refractivity contribution in [3.8, 4) is 0 Å². The third kappa shape index (κ3) is 4.37. The number of rotatable bonds is 6. The molecule has 0 aromatic heterocycles.